The van der Waals surface area contributed by atoms with Gasteiger partial charge >= 0.3 is 5.97 Å². The third kappa shape index (κ3) is 3.27. The molecular weight excluding hydrogens is 470 g/mol. The molecule has 0 spiro atoms. The highest BCUT2D eigenvalue weighted by molar-refractivity contribution is 6.09. The third-order valence-electron chi connectivity index (χ3n) is 8.03. The van der Waals surface area contributed by atoms with E-state index in [1.165, 1.54) is 16.3 Å². The number of hydrogen-bond donors (Lipinski definition) is 0. The van der Waals surface area contributed by atoms with Gasteiger partial charge in [0.15, 0.2) is 5.60 Å². The molecule has 4 aromatic carbocycles. The molecule has 5 aromatic rings. The van der Waals surface area contributed by atoms with Gasteiger partial charge in [0.2, 0.25) is 0 Å². The molecule has 0 bridgehead atoms. The van der Waals surface area contributed by atoms with Gasteiger partial charge in [-0.25, -0.2) is 4.79 Å². The van der Waals surface area contributed by atoms with Gasteiger partial charge < -0.3 is 19.1 Å². The summed E-state index contributed by atoms with van der Waals surface area (Å²) < 4.78 is 8.97. The number of carbonyl (C=O) groups excluding carboxylic acids is 1. The fourth-order valence-corrected chi connectivity index (χ4v) is 6.15. The first-order valence-electron chi connectivity index (χ1n) is 13.1. The number of fused-ring (bicyclic) bond motifs is 4. The third-order valence-corrected chi connectivity index (χ3v) is 8.03. The van der Waals surface area contributed by atoms with E-state index in [0.29, 0.717) is 5.56 Å². The topological polar surface area (TPSA) is 37.7 Å². The maximum Gasteiger partial charge on any atom is 0.340 e. The van der Waals surface area contributed by atoms with Crippen molar-refractivity contribution in [2.75, 3.05) is 38.0 Å². The number of anilines is 2. The molecule has 192 valence electrons. The van der Waals surface area contributed by atoms with Crippen molar-refractivity contribution in [2.45, 2.75) is 26.0 Å². The summed E-state index contributed by atoms with van der Waals surface area (Å²) in [5.41, 5.74) is 6.80. The van der Waals surface area contributed by atoms with Crippen LogP contribution < -0.4 is 9.80 Å². The predicted octanol–water partition coefficient (Wildman–Crippen LogP) is 6.72. The van der Waals surface area contributed by atoms with Gasteiger partial charge in [-0.15, -0.1) is 0 Å². The van der Waals surface area contributed by atoms with Gasteiger partial charge in [0.25, 0.3) is 0 Å². The van der Waals surface area contributed by atoms with Crippen molar-refractivity contribution in [2.24, 2.45) is 0 Å². The SMILES string of the molecule is CCn1c(C)c(C2(c3ccc(N(C)C)cc3)OC(=O)c3ccc(N(C)C)cc32)c2ccc3ccccc3c21. The Hall–Kier alpha value is -4.25. The van der Waals surface area contributed by atoms with Gasteiger partial charge in [-0.1, -0.05) is 48.5 Å². The summed E-state index contributed by atoms with van der Waals surface area (Å²) >= 11 is 0. The fourth-order valence-electron chi connectivity index (χ4n) is 6.15. The van der Waals surface area contributed by atoms with Crippen LogP contribution in [0.3, 0.4) is 0 Å². The number of aryl methyl sites for hydroxylation is 1. The molecule has 1 unspecified atom stereocenters. The number of esters is 1. The van der Waals surface area contributed by atoms with Gasteiger partial charge in [-0.3, -0.25) is 0 Å². The summed E-state index contributed by atoms with van der Waals surface area (Å²) in [6.07, 6.45) is 0. The number of cyclic esters (lactones) is 1. The lowest BCUT2D eigenvalue weighted by Crippen LogP contribution is -2.30. The number of nitrogens with zero attached hydrogens (tertiary/aromatic N) is 3. The molecule has 1 aliphatic rings. The van der Waals surface area contributed by atoms with E-state index < -0.39 is 5.60 Å². The van der Waals surface area contributed by atoms with E-state index in [2.05, 4.69) is 94.9 Å². The van der Waals surface area contributed by atoms with E-state index in [0.717, 1.165) is 45.7 Å². The zero-order chi connectivity index (χ0) is 26.8. The number of carbonyl (C=O) groups is 1. The van der Waals surface area contributed by atoms with E-state index in [4.69, 9.17) is 4.74 Å². The molecule has 0 aliphatic carbocycles. The average Bonchev–Trinajstić information content (AvgIpc) is 3.39. The van der Waals surface area contributed by atoms with Crippen LogP contribution in [0, 0.1) is 6.92 Å². The molecule has 1 aromatic heterocycles. The Morgan fingerprint density at radius 1 is 0.816 bits per heavy atom. The van der Waals surface area contributed by atoms with E-state index in [1.807, 2.05) is 40.3 Å². The molecule has 6 rings (SSSR count). The van der Waals surface area contributed by atoms with Crippen LogP contribution in [0.1, 0.15) is 39.7 Å². The van der Waals surface area contributed by atoms with Crippen molar-refractivity contribution < 1.29 is 9.53 Å². The Morgan fingerprint density at radius 3 is 2.18 bits per heavy atom. The normalized spacial score (nSPS) is 16.6. The van der Waals surface area contributed by atoms with Gasteiger partial charge in [0.05, 0.1) is 11.1 Å². The molecule has 38 heavy (non-hydrogen) atoms. The lowest BCUT2D eigenvalue weighted by atomic mass is 9.78. The highest BCUT2D eigenvalue weighted by Gasteiger charge is 2.51. The second-order valence-electron chi connectivity index (χ2n) is 10.5. The highest BCUT2D eigenvalue weighted by atomic mass is 16.6. The highest BCUT2D eigenvalue weighted by Crippen LogP contribution is 2.52. The number of aromatic nitrogens is 1. The number of ether oxygens (including phenoxy) is 1. The van der Waals surface area contributed by atoms with Crippen molar-refractivity contribution in [3.05, 3.63) is 107 Å². The van der Waals surface area contributed by atoms with Crippen molar-refractivity contribution in [1.82, 2.24) is 4.57 Å². The van der Waals surface area contributed by atoms with Crippen LogP contribution in [0.5, 0.6) is 0 Å². The Balaban J connectivity index is 1.77. The zero-order valence-corrected chi connectivity index (χ0v) is 22.9. The van der Waals surface area contributed by atoms with Crippen molar-refractivity contribution >= 4 is 39.0 Å². The van der Waals surface area contributed by atoms with E-state index in [9.17, 15) is 4.79 Å². The Bertz CT molecular complexity index is 1710. The standard InChI is InChI=1S/C33H33N3O2/c1-7-36-21(2)30(28-18-12-22-10-8-9-11-26(22)31(28)36)33(23-13-15-24(16-14-23)34(3)4)29-20-25(35(5)6)17-19-27(29)32(37)38-33/h8-20H,7H2,1-6H3. The van der Waals surface area contributed by atoms with Gasteiger partial charge in [-0.05, 0) is 49.6 Å². The first-order valence-corrected chi connectivity index (χ1v) is 13.1. The van der Waals surface area contributed by atoms with Crippen LogP contribution in [0.2, 0.25) is 0 Å². The summed E-state index contributed by atoms with van der Waals surface area (Å²) in [6, 6.07) is 27.3. The van der Waals surface area contributed by atoms with Gasteiger partial charge in [0, 0.05) is 79.3 Å². The first kappa shape index (κ1) is 24.1. The smallest absolute Gasteiger partial charge is 0.340 e. The fraction of sp³-hybridized carbons (Fsp3) is 0.242. The lowest BCUT2D eigenvalue weighted by Gasteiger charge is -2.32. The molecular formula is C33H33N3O2. The molecule has 0 saturated heterocycles. The number of hydrogen-bond acceptors (Lipinski definition) is 4. The monoisotopic (exact) mass is 503 g/mol. The molecule has 1 aliphatic heterocycles. The second kappa shape index (κ2) is 8.66. The maximum atomic E-state index is 13.6. The summed E-state index contributed by atoms with van der Waals surface area (Å²) in [5.74, 6) is -0.292. The molecule has 2 heterocycles. The van der Waals surface area contributed by atoms with E-state index in [1.54, 1.807) is 0 Å². The zero-order valence-electron chi connectivity index (χ0n) is 22.9. The molecule has 0 radical (unpaired) electrons. The Morgan fingerprint density at radius 2 is 1.50 bits per heavy atom. The molecule has 0 fully saturated rings. The summed E-state index contributed by atoms with van der Waals surface area (Å²) in [6.45, 7) is 5.14. The predicted molar refractivity (Wildman–Crippen MR) is 157 cm³/mol. The van der Waals surface area contributed by atoms with Gasteiger partial charge in [0.1, 0.15) is 0 Å². The minimum absolute atomic E-state index is 0.292. The Labute approximate surface area is 223 Å². The molecule has 0 amide bonds. The van der Waals surface area contributed by atoms with Crippen molar-refractivity contribution in [3.8, 4) is 0 Å². The molecule has 0 saturated carbocycles. The Kier molecular flexibility index (Phi) is 5.49. The van der Waals surface area contributed by atoms with Crippen LogP contribution in [0.15, 0.2) is 78.9 Å². The number of rotatable bonds is 5. The maximum absolute atomic E-state index is 13.6. The minimum Gasteiger partial charge on any atom is -0.440 e. The van der Waals surface area contributed by atoms with Gasteiger partial charge in [-0.2, -0.15) is 0 Å². The van der Waals surface area contributed by atoms with E-state index >= 15 is 0 Å². The van der Waals surface area contributed by atoms with Crippen LogP contribution >= 0.6 is 0 Å². The van der Waals surface area contributed by atoms with Crippen LogP contribution in [-0.4, -0.2) is 38.7 Å². The summed E-state index contributed by atoms with van der Waals surface area (Å²) in [5, 5.41) is 3.50. The molecule has 1 atom stereocenters. The second-order valence-corrected chi connectivity index (χ2v) is 10.5. The largest absolute Gasteiger partial charge is 0.440 e. The molecule has 0 N–H and O–H groups in total. The summed E-state index contributed by atoms with van der Waals surface area (Å²) in [7, 11) is 8.10. The lowest BCUT2D eigenvalue weighted by molar-refractivity contribution is 0.0253. The van der Waals surface area contributed by atoms with Crippen molar-refractivity contribution in [1.29, 1.82) is 0 Å². The van der Waals surface area contributed by atoms with E-state index in [-0.39, 0.29) is 5.97 Å². The van der Waals surface area contributed by atoms with Crippen LogP contribution in [-0.2, 0) is 16.9 Å². The summed E-state index contributed by atoms with van der Waals surface area (Å²) in [4.78, 5) is 17.7. The first-order chi connectivity index (χ1) is 18.3. The molecule has 5 heteroatoms. The quantitative estimate of drug-likeness (QED) is 0.250. The van der Waals surface area contributed by atoms with Crippen LogP contribution in [0.25, 0.3) is 21.7 Å². The number of benzene rings is 4. The van der Waals surface area contributed by atoms with Crippen molar-refractivity contribution in [3.63, 3.8) is 0 Å². The minimum atomic E-state index is -1.07. The van der Waals surface area contributed by atoms with Crippen LogP contribution in [0.4, 0.5) is 11.4 Å². The molecule has 5 nitrogen and oxygen atoms in total. The average molecular weight is 504 g/mol.